The number of nitrogens with one attached hydrogen (secondary N) is 1. The fourth-order valence-electron chi connectivity index (χ4n) is 2.85. The zero-order valence-corrected chi connectivity index (χ0v) is 14.5. The molecule has 1 aromatic carbocycles. The summed E-state index contributed by atoms with van der Waals surface area (Å²) >= 11 is 0. The molecule has 0 radical (unpaired) electrons. The van der Waals surface area contributed by atoms with E-state index >= 15 is 0 Å². The molecule has 134 valence electrons. The van der Waals surface area contributed by atoms with Gasteiger partial charge in [-0.2, -0.15) is 0 Å². The molecular weight excluding hydrogens is 332 g/mol. The van der Waals surface area contributed by atoms with Crippen molar-refractivity contribution in [2.24, 2.45) is 0 Å². The highest BCUT2D eigenvalue weighted by atomic mass is 16.2. The highest BCUT2D eigenvalue weighted by molar-refractivity contribution is 5.96. The van der Waals surface area contributed by atoms with E-state index in [4.69, 9.17) is 0 Å². The summed E-state index contributed by atoms with van der Waals surface area (Å²) in [5, 5.41) is 2.67. The lowest BCUT2D eigenvalue weighted by Crippen LogP contribution is -2.50. The number of anilines is 1. The van der Waals surface area contributed by atoms with E-state index in [9.17, 15) is 14.4 Å². The first-order valence-corrected chi connectivity index (χ1v) is 8.42. The summed E-state index contributed by atoms with van der Waals surface area (Å²) in [6.45, 7) is 3.34. The Morgan fingerprint density at radius 3 is 2.04 bits per heavy atom. The van der Waals surface area contributed by atoms with Crippen LogP contribution < -0.4 is 5.32 Å². The molecule has 0 atom stereocenters. The zero-order valence-electron chi connectivity index (χ0n) is 14.5. The van der Waals surface area contributed by atoms with Crippen LogP contribution in [0.15, 0.2) is 48.7 Å². The lowest BCUT2D eigenvalue weighted by molar-refractivity contribution is -0.114. The number of nitrogens with zero attached hydrogens (tertiary/aromatic N) is 3. The predicted octanol–water partition coefficient (Wildman–Crippen LogP) is 1.64. The van der Waals surface area contributed by atoms with Crippen LogP contribution in [0.5, 0.6) is 0 Å². The van der Waals surface area contributed by atoms with Crippen LogP contribution >= 0.6 is 0 Å². The van der Waals surface area contributed by atoms with Gasteiger partial charge in [-0.15, -0.1) is 0 Å². The molecule has 1 aliphatic heterocycles. The second-order valence-electron chi connectivity index (χ2n) is 6.06. The van der Waals surface area contributed by atoms with Crippen molar-refractivity contribution in [2.45, 2.75) is 6.92 Å². The lowest BCUT2D eigenvalue weighted by atomic mass is 10.1. The van der Waals surface area contributed by atoms with Gasteiger partial charge in [-0.25, -0.2) is 0 Å². The van der Waals surface area contributed by atoms with Gasteiger partial charge in [0.25, 0.3) is 11.8 Å². The number of rotatable bonds is 3. The lowest BCUT2D eigenvalue weighted by Gasteiger charge is -2.34. The van der Waals surface area contributed by atoms with Crippen molar-refractivity contribution in [2.75, 3.05) is 31.5 Å². The molecule has 0 spiro atoms. The maximum absolute atomic E-state index is 12.6. The number of amides is 3. The summed E-state index contributed by atoms with van der Waals surface area (Å²) < 4.78 is 0. The number of benzene rings is 1. The van der Waals surface area contributed by atoms with Gasteiger partial charge in [0.1, 0.15) is 5.69 Å². The van der Waals surface area contributed by atoms with Crippen molar-refractivity contribution in [3.05, 3.63) is 59.9 Å². The standard InChI is InChI=1S/C19H20N4O3/c1-14(24)21-16-7-5-15(6-8-16)18(25)22-10-12-23(13-11-22)19(26)17-4-2-3-9-20-17/h2-9H,10-13H2,1H3,(H,21,24). The molecule has 0 saturated carbocycles. The summed E-state index contributed by atoms with van der Waals surface area (Å²) in [7, 11) is 0. The molecule has 2 aromatic rings. The van der Waals surface area contributed by atoms with Crippen LogP contribution in [0.2, 0.25) is 0 Å². The smallest absolute Gasteiger partial charge is 0.272 e. The number of aromatic nitrogens is 1. The summed E-state index contributed by atoms with van der Waals surface area (Å²) in [5.74, 6) is -0.348. The van der Waals surface area contributed by atoms with Crippen molar-refractivity contribution in [3.8, 4) is 0 Å². The van der Waals surface area contributed by atoms with Crippen LogP contribution in [0.4, 0.5) is 5.69 Å². The first-order valence-electron chi connectivity index (χ1n) is 8.42. The first-order chi connectivity index (χ1) is 12.5. The number of carbonyl (C=O) groups is 3. The van der Waals surface area contributed by atoms with Crippen LogP contribution in [-0.4, -0.2) is 58.7 Å². The molecule has 1 aromatic heterocycles. The van der Waals surface area contributed by atoms with Crippen LogP contribution in [0.1, 0.15) is 27.8 Å². The van der Waals surface area contributed by atoms with Crippen LogP contribution in [-0.2, 0) is 4.79 Å². The second kappa shape index (κ2) is 7.77. The molecule has 7 nitrogen and oxygen atoms in total. The van der Waals surface area contributed by atoms with E-state index in [1.54, 1.807) is 58.5 Å². The van der Waals surface area contributed by atoms with Crippen LogP contribution in [0.25, 0.3) is 0 Å². The van der Waals surface area contributed by atoms with Crippen molar-refractivity contribution in [1.29, 1.82) is 0 Å². The zero-order chi connectivity index (χ0) is 18.5. The predicted molar refractivity (Wildman–Crippen MR) is 96.8 cm³/mol. The van der Waals surface area contributed by atoms with E-state index in [1.807, 2.05) is 0 Å². The molecule has 1 saturated heterocycles. The Balaban J connectivity index is 1.58. The van der Waals surface area contributed by atoms with Crippen molar-refractivity contribution in [1.82, 2.24) is 14.8 Å². The van der Waals surface area contributed by atoms with Gasteiger partial charge in [-0.3, -0.25) is 19.4 Å². The van der Waals surface area contributed by atoms with E-state index in [2.05, 4.69) is 10.3 Å². The minimum absolute atomic E-state index is 0.0793. The van der Waals surface area contributed by atoms with Gasteiger partial charge >= 0.3 is 0 Å². The molecule has 0 aliphatic carbocycles. The van der Waals surface area contributed by atoms with Gasteiger partial charge < -0.3 is 15.1 Å². The van der Waals surface area contributed by atoms with E-state index < -0.39 is 0 Å². The monoisotopic (exact) mass is 352 g/mol. The first kappa shape index (κ1) is 17.6. The fraction of sp³-hybridized carbons (Fsp3) is 0.263. The Labute approximate surface area is 151 Å². The average Bonchev–Trinajstić information content (AvgIpc) is 2.68. The Kier molecular flexibility index (Phi) is 5.26. The number of hydrogen-bond acceptors (Lipinski definition) is 4. The molecule has 7 heteroatoms. The molecule has 2 heterocycles. The summed E-state index contributed by atoms with van der Waals surface area (Å²) in [4.78, 5) is 43.6. The Morgan fingerprint density at radius 1 is 0.885 bits per heavy atom. The number of piperazine rings is 1. The maximum Gasteiger partial charge on any atom is 0.272 e. The van der Waals surface area contributed by atoms with E-state index in [-0.39, 0.29) is 17.7 Å². The summed E-state index contributed by atoms with van der Waals surface area (Å²) in [5.41, 5.74) is 1.63. The summed E-state index contributed by atoms with van der Waals surface area (Å²) in [6.07, 6.45) is 1.59. The number of pyridine rings is 1. The second-order valence-corrected chi connectivity index (χ2v) is 6.06. The van der Waals surface area contributed by atoms with Crippen molar-refractivity contribution < 1.29 is 14.4 Å². The molecule has 1 fully saturated rings. The van der Waals surface area contributed by atoms with E-state index in [1.165, 1.54) is 6.92 Å². The van der Waals surface area contributed by atoms with Gasteiger partial charge in [-0.05, 0) is 36.4 Å². The highest BCUT2D eigenvalue weighted by Crippen LogP contribution is 2.14. The minimum atomic E-state index is -0.155. The SMILES string of the molecule is CC(=O)Nc1ccc(C(=O)N2CCN(C(=O)c3ccccn3)CC2)cc1. The highest BCUT2D eigenvalue weighted by Gasteiger charge is 2.25. The third-order valence-corrected chi connectivity index (χ3v) is 4.19. The Morgan fingerprint density at radius 2 is 1.50 bits per heavy atom. The van der Waals surface area contributed by atoms with Gasteiger partial charge in [-0.1, -0.05) is 6.07 Å². The Hall–Kier alpha value is -3.22. The molecular formula is C19H20N4O3. The molecule has 0 bridgehead atoms. The minimum Gasteiger partial charge on any atom is -0.335 e. The van der Waals surface area contributed by atoms with E-state index in [0.717, 1.165) is 0 Å². The van der Waals surface area contributed by atoms with Crippen LogP contribution in [0.3, 0.4) is 0 Å². The Bertz CT molecular complexity index is 797. The fourth-order valence-corrected chi connectivity index (χ4v) is 2.85. The van der Waals surface area contributed by atoms with Gasteiger partial charge in [0.2, 0.25) is 5.91 Å². The van der Waals surface area contributed by atoms with Crippen molar-refractivity contribution >= 4 is 23.4 Å². The molecule has 0 unspecified atom stereocenters. The number of carbonyl (C=O) groups excluding carboxylic acids is 3. The molecule has 3 amide bonds. The van der Waals surface area contributed by atoms with Crippen LogP contribution in [0, 0.1) is 0 Å². The van der Waals surface area contributed by atoms with Gasteiger partial charge in [0.15, 0.2) is 0 Å². The number of hydrogen-bond donors (Lipinski definition) is 1. The maximum atomic E-state index is 12.6. The molecule has 26 heavy (non-hydrogen) atoms. The third kappa shape index (κ3) is 4.05. The average molecular weight is 352 g/mol. The summed E-state index contributed by atoms with van der Waals surface area (Å²) in [6, 6.07) is 12.0. The molecule has 3 rings (SSSR count). The van der Waals surface area contributed by atoms with Crippen molar-refractivity contribution in [3.63, 3.8) is 0 Å². The normalized spacial score (nSPS) is 14.0. The molecule has 1 N–H and O–H groups in total. The topological polar surface area (TPSA) is 82.6 Å². The largest absolute Gasteiger partial charge is 0.335 e. The quantitative estimate of drug-likeness (QED) is 0.910. The van der Waals surface area contributed by atoms with E-state index in [0.29, 0.717) is 43.1 Å². The van der Waals surface area contributed by atoms with Gasteiger partial charge in [0, 0.05) is 50.6 Å². The van der Waals surface area contributed by atoms with Gasteiger partial charge in [0.05, 0.1) is 0 Å². The third-order valence-electron chi connectivity index (χ3n) is 4.19. The molecule has 1 aliphatic rings.